The van der Waals surface area contributed by atoms with Gasteiger partial charge in [-0.25, -0.2) is 0 Å². The molecule has 0 bridgehead atoms. The highest BCUT2D eigenvalue weighted by molar-refractivity contribution is 5.85. The van der Waals surface area contributed by atoms with Gasteiger partial charge in [-0.05, 0) is 44.7 Å². The number of carbonyl (C=O) groups excluding carboxylic acids is 1. The molecule has 1 aliphatic rings. The molecule has 0 aromatic heterocycles. The van der Waals surface area contributed by atoms with E-state index < -0.39 is 0 Å². The Morgan fingerprint density at radius 2 is 1.88 bits per heavy atom. The highest BCUT2D eigenvalue weighted by Gasteiger charge is 2.27. The van der Waals surface area contributed by atoms with Crippen molar-refractivity contribution in [3.8, 4) is 0 Å². The molecular formula is C13H27ClN2O. The van der Waals surface area contributed by atoms with Gasteiger partial charge in [0.25, 0.3) is 0 Å². The molecule has 1 rings (SSSR count). The first-order valence-corrected chi connectivity index (χ1v) is 6.67. The zero-order valence-corrected chi connectivity index (χ0v) is 12.2. The zero-order chi connectivity index (χ0) is 12.0. The van der Waals surface area contributed by atoms with Gasteiger partial charge in [-0.2, -0.15) is 0 Å². The van der Waals surface area contributed by atoms with E-state index >= 15 is 0 Å². The third kappa shape index (κ3) is 4.84. The Hall–Kier alpha value is -0.280. The van der Waals surface area contributed by atoms with E-state index in [2.05, 4.69) is 31.4 Å². The molecule has 17 heavy (non-hydrogen) atoms. The molecule has 1 fully saturated rings. The van der Waals surface area contributed by atoms with Crippen LogP contribution in [0.2, 0.25) is 0 Å². The molecular weight excluding hydrogens is 236 g/mol. The Bertz CT molecular complexity index is 215. The highest BCUT2D eigenvalue weighted by Crippen LogP contribution is 2.20. The van der Waals surface area contributed by atoms with Gasteiger partial charge in [-0.1, -0.05) is 20.8 Å². The molecule has 0 aromatic rings. The molecule has 4 heteroatoms. The van der Waals surface area contributed by atoms with Gasteiger partial charge in [0.2, 0.25) is 5.91 Å². The van der Waals surface area contributed by atoms with E-state index in [1.54, 1.807) is 0 Å². The molecule has 1 amide bonds. The lowest BCUT2D eigenvalue weighted by Crippen LogP contribution is -2.47. The minimum Gasteiger partial charge on any atom is -0.351 e. The van der Waals surface area contributed by atoms with Crippen LogP contribution in [0.15, 0.2) is 0 Å². The standard InChI is InChI=1S/C13H26N2O.ClH/c1-4-13(5-2,6-3)15-12(16)9-11-7-8-14-10-11;/h11,14H,4-10H2,1-3H3,(H,15,16);1H. The van der Waals surface area contributed by atoms with Crippen molar-refractivity contribution in [1.82, 2.24) is 10.6 Å². The molecule has 1 atom stereocenters. The molecule has 102 valence electrons. The molecule has 1 unspecified atom stereocenters. The summed E-state index contributed by atoms with van der Waals surface area (Å²) in [7, 11) is 0. The molecule has 0 aliphatic carbocycles. The van der Waals surface area contributed by atoms with E-state index in [1.807, 2.05) is 0 Å². The number of hydrogen-bond acceptors (Lipinski definition) is 2. The first-order valence-electron chi connectivity index (χ1n) is 6.67. The van der Waals surface area contributed by atoms with Crippen molar-refractivity contribution in [2.75, 3.05) is 13.1 Å². The van der Waals surface area contributed by atoms with Crippen LogP contribution >= 0.6 is 12.4 Å². The second-order valence-electron chi connectivity index (χ2n) is 4.95. The van der Waals surface area contributed by atoms with E-state index in [9.17, 15) is 4.79 Å². The Kier molecular flexibility index (Phi) is 7.80. The predicted octanol–water partition coefficient (Wildman–Crippen LogP) is 2.49. The number of halogens is 1. The fourth-order valence-corrected chi connectivity index (χ4v) is 2.51. The Balaban J connectivity index is 0.00000256. The topological polar surface area (TPSA) is 41.1 Å². The monoisotopic (exact) mass is 262 g/mol. The predicted molar refractivity (Wildman–Crippen MR) is 74.6 cm³/mol. The third-order valence-corrected chi connectivity index (χ3v) is 4.07. The van der Waals surface area contributed by atoms with Crippen molar-refractivity contribution in [2.24, 2.45) is 5.92 Å². The van der Waals surface area contributed by atoms with Crippen molar-refractivity contribution in [1.29, 1.82) is 0 Å². The van der Waals surface area contributed by atoms with Crippen molar-refractivity contribution in [3.63, 3.8) is 0 Å². The summed E-state index contributed by atoms with van der Waals surface area (Å²) < 4.78 is 0. The summed E-state index contributed by atoms with van der Waals surface area (Å²) in [6.07, 6.45) is 4.90. The molecule has 0 aromatic carbocycles. The van der Waals surface area contributed by atoms with Gasteiger partial charge in [0.15, 0.2) is 0 Å². The Morgan fingerprint density at radius 3 is 2.29 bits per heavy atom. The molecule has 3 nitrogen and oxygen atoms in total. The van der Waals surface area contributed by atoms with Gasteiger partial charge in [-0.3, -0.25) is 4.79 Å². The molecule has 1 saturated heterocycles. The van der Waals surface area contributed by atoms with Crippen LogP contribution in [0.25, 0.3) is 0 Å². The van der Waals surface area contributed by atoms with E-state index in [1.165, 1.54) is 0 Å². The molecule has 0 spiro atoms. The number of carbonyl (C=O) groups is 1. The van der Waals surface area contributed by atoms with E-state index in [0.717, 1.165) is 38.8 Å². The second-order valence-corrected chi connectivity index (χ2v) is 4.95. The maximum Gasteiger partial charge on any atom is 0.220 e. The number of nitrogens with one attached hydrogen (secondary N) is 2. The normalized spacial score (nSPS) is 19.8. The summed E-state index contributed by atoms with van der Waals surface area (Å²) in [6, 6.07) is 0. The van der Waals surface area contributed by atoms with Crippen LogP contribution in [0.3, 0.4) is 0 Å². The van der Waals surface area contributed by atoms with Crippen molar-refractivity contribution >= 4 is 18.3 Å². The lowest BCUT2D eigenvalue weighted by Gasteiger charge is -2.32. The SMILES string of the molecule is CCC(CC)(CC)NC(=O)CC1CCNC1.Cl. The molecule has 2 N–H and O–H groups in total. The van der Waals surface area contributed by atoms with Gasteiger partial charge in [0.05, 0.1) is 0 Å². The molecule has 1 aliphatic heterocycles. The van der Waals surface area contributed by atoms with E-state index in [4.69, 9.17) is 0 Å². The minimum atomic E-state index is 0. The van der Waals surface area contributed by atoms with Crippen molar-refractivity contribution in [2.45, 2.75) is 58.4 Å². The lowest BCUT2D eigenvalue weighted by molar-refractivity contribution is -0.124. The first kappa shape index (κ1) is 16.7. The minimum absolute atomic E-state index is 0. The van der Waals surface area contributed by atoms with E-state index in [-0.39, 0.29) is 23.9 Å². The van der Waals surface area contributed by atoms with Crippen molar-refractivity contribution < 1.29 is 4.79 Å². The second kappa shape index (κ2) is 7.93. The van der Waals surface area contributed by atoms with Gasteiger partial charge < -0.3 is 10.6 Å². The smallest absolute Gasteiger partial charge is 0.220 e. The fourth-order valence-electron chi connectivity index (χ4n) is 2.51. The number of rotatable bonds is 6. The average Bonchev–Trinajstić information content (AvgIpc) is 2.79. The van der Waals surface area contributed by atoms with Crippen LogP contribution in [-0.4, -0.2) is 24.5 Å². The van der Waals surface area contributed by atoms with Crippen LogP contribution in [0.1, 0.15) is 52.9 Å². The summed E-state index contributed by atoms with van der Waals surface area (Å²) in [4.78, 5) is 12.0. The van der Waals surface area contributed by atoms with Gasteiger partial charge in [0, 0.05) is 12.0 Å². The van der Waals surface area contributed by atoms with Crippen molar-refractivity contribution in [3.05, 3.63) is 0 Å². The van der Waals surface area contributed by atoms with Gasteiger partial charge >= 0.3 is 0 Å². The maximum atomic E-state index is 12.0. The molecule has 0 radical (unpaired) electrons. The largest absolute Gasteiger partial charge is 0.351 e. The zero-order valence-electron chi connectivity index (χ0n) is 11.3. The highest BCUT2D eigenvalue weighted by atomic mass is 35.5. The molecule has 0 saturated carbocycles. The van der Waals surface area contributed by atoms with Crippen LogP contribution in [0.5, 0.6) is 0 Å². The summed E-state index contributed by atoms with van der Waals surface area (Å²) >= 11 is 0. The van der Waals surface area contributed by atoms with Gasteiger partial charge in [0.1, 0.15) is 0 Å². The van der Waals surface area contributed by atoms with Crippen LogP contribution in [-0.2, 0) is 4.79 Å². The van der Waals surface area contributed by atoms with Crippen LogP contribution in [0, 0.1) is 5.92 Å². The first-order chi connectivity index (χ1) is 7.65. The summed E-state index contributed by atoms with van der Waals surface area (Å²) in [6.45, 7) is 8.54. The van der Waals surface area contributed by atoms with Crippen LogP contribution < -0.4 is 10.6 Å². The number of hydrogen-bond donors (Lipinski definition) is 2. The van der Waals surface area contributed by atoms with Gasteiger partial charge in [-0.15, -0.1) is 12.4 Å². The summed E-state index contributed by atoms with van der Waals surface area (Å²) in [5.74, 6) is 0.780. The van der Waals surface area contributed by atoms with E-state index in [0.29, 0.717) is 12.3 Å². The molecule has 1 heterocycles. The fraction of sp³-hybridized carbons (Fsp3) is 0.923. The maximum absolute atomic E-state index is 12.0. The number of amides is 1. The Morgan fingerprint density at radius 1 is 1.29 bits per heavy atom. The Labute approximate surface area is 112 Å². The van der Waals surface area contributed by atoms with Crippen LogP contribution in [0.4, 0.5) is 0 Å². The summed E-state index contributed by atoms with van der Waals surface area (Å²) in [5.41, 5.74) is 0.0309. The summed E-state index contributed by atoms with van der Waals surface area (Å²) in [5, 5.41) is 6.54. The third-order valence-electron chi connectivity index (χ3n) is 4.07. The lowest BCUT2D eigenvalue weighted by atomic mass is 9.89. The average molecular weight is 263 g/mol. The quantitative estimate of drug-likeness (QED) is 0.772.